The molecule has 1 fully saturated rings. The average molecular weight is 282 g/mol. The van der Waals surface area contributed by atoms with Crippen LogP contribution in [0.4, 0.5) is 11.5 Å². The SMILES string of the molecule is CSC1CCCC(Nc2c(N)c(C)nn2C(C)C)C1. The van der Waals surface area contributed by atoms with Gasteiger partial charge in [-0.05, 0) is 46.3 Å². The first-order chi connectivity index (χ1) is 9.02. The maximum Gasteiger partial charge on any atom is 0.148 e. The number of thioether (sulfide) groups is 1. The van der Waals surface area contributed by atoms with E-state index in [0.29, 0.717) is 12.1 Å². The highest BCUT2D eigenvalue weighted by Crippen LogP contribution is 2.32. The predicted octanol–water partition coefficient (Wildman–Crippen LogP) is 3.44. The Hall–Kier alpha value is -0.840. The number of aryl methyl sites for hydroxylation is 1. The number of aromatic nitrogens is 2. The van der Waals surface area contributed by atoms with Crippen molar-refractivity contribution in [2.45, 2.75) is 63.8 Å². The molecule has 2 unspecified atom stereocenters. The number of rotatable bonds is 4. The fourth-order valence-electron chi connectivity index (χ4n) is 2.76. The minimum atomic E-state index is 0.332. The van der Waals surface area contributed by atoms with Gasteiger partial charge in [0.25, 0.3) is 0 Å². The van der Waals surface area contributed by atoms with Crippen molar-refractivity contribution < 1.29 is 0 Å². The molecule has 0 spiro atoms. The van der Waals surface area contributed by atoms with Crippen LogP contribution in [0.3, 0.4) is 0 Å². The normalized spacial score (nSPS) is 23.8. The van der Waals surface area contributed by atoms with Crippen molar-refractivity contribution in [1.29, 1.82) is 0 Å². The molecule has 2 atom stereocenters. The Balaban J connectivity index is 2.14. The highest BCUT2D eigenvalue weighted by atomic mass is 32.2. The van der Waals surface area contributed by atoms with Gasteiger partial charge in [0.15, 0.2) is 0 Å². The zero-order chi connectivity index (χ0) is 14.0. The van der Waals surface area contributed by atoms with E-state index in [1.54, 1.807) is 0 Å². The fraction of sp³-hybridized carbons (Fsp3) is 0.786. The largest absolute Gasteiger partial charge is 0.394 e. The molecule has 2 rings (SSSR count). The van der Waals surface area contributed by atoms with Gasteiger partial charge in [-0.15, -0.1) is 0 Å². The van der Waals surface area contributed by atoms with Crippen LogP contribution in [0, 0.1) is 6.92 Å². The van der Waals surface area contributed by atoms with Crippen molar-refractivity contribution in [3.63, 3.8) is 0 Å². The minimum absolute atomic E-state index is 0.332. The maximum absolute atomic E-state index is 6.17. The molecule has 0 bridgehead atoms. The van der Waals surface area contributed by atoms with Crippen LogP contribution in [0.1, 0.15) is 51.3 Å². The zero-order valence-electron chi connectivity index (χ0n) is 12.4. The molecule has 0 amide bonds. The first kappa shape index (κ1) is 14.6. The molecule has 1 aromatic rings. The molecular formula is C14H26N4S. The van der Waals surface area contributed by atoms with E-state index in [-0.39, 0.29) is 0 Å². The van der Waals surface area contributed by atoms with Crippen molar-refractivity contribution in [2.75, 3.05) is 17.3 Å². The highest BCUT2D eigenvalue weighted by Gasteiger charge is 2.24. The molecule has 0 radical (unpaired) electrons. The Morgan fingerprint density at radius 3 is 2.79 bits per heavy atom. The molecular weight excluding hydrogens is 256 g/mol. The fourth-order valence-corrected chi connectivity index (χ4v) is 3.59. The van der Waals surface area contributed by atoms with Crippen molar-refractivity contribution in [3.05, 3.63) is 5.69 Å². The second-order valence-electron chi connectivity index (χ2n) is 5.75. The molecule has 1 aliphatic carbocycles. The molecule has 0 aliphatic heterocycles. The number of nitrogens with one attached hydrogen (secondary N) is 1. The van der Waals surface area contributed by atoms with Crippen molar-refractivity contribution in [3.8, 4) is 0 Å². The summed E-state index contributed by atoms with van der Waals surface area (Å²) in [4.78, 5) is 0. The van der Waals surface area contributed by atoms with Crippen LogP contribution in [0.15, 0.2) is 0 Å². The number of nitrogens with two attached hydrogens (primary N) is 1. The molecule has 1 heterocycles. The number of nitrogen functional groups attached to an aromatic ring is 1. The average Bonchev–Trinajstić information content (AvgIpc) is 2.67. The third-order valence-electron chi connectivity index (χ3n) is 3.92. The van der Waals surface area contributed by atoms with E-state index in [1.807, 2.05) is 23.4 Å². The third kappa shape index (κ3) is 3.19. The van der Waals surface area contributed by atoms with E-state index in [0.717, 1.165) is 22.4 Å². The monoisotopic (exact) mass is 282 g/mol. The molecule has 1 aliphatic rings. The van der Waals surface area contributed by atoms with Crippen molar-refractivity contribution >= 4 is 23.3 Å². The third-order valence-corrected chi connectivity index (χ3v) is 5.02. The van der Waals surface area contributed by atoms with Gasteiger partial charge >= 0.3 is 0 Å². The smallest absolute Gasteiger partial charge is 0.148 e. The van der Waals surface area contributed by atoms with E-state index in [1.165, 1.54) is 25.7 Å². The lowest BCUT2D eigenvalue weighted by Gasteiger charge is -2.30. The Morgan fingerprint density at radius 1 is 1.42 bits per heavy atom. The molecule has 1 saturated carbocycles. The summed E-state index contributed by atoms with van der Waals surface area (Å²) >= 11 is 1.99. The second kappa shape index (κ2) is 6.07. The van der Waals surface area contributed by atoms with Gasteiger partial charge in [0.05, 0.1) is 11.4 Å². The first-order valence-electron chi connectivity index (χ1n) is 7.16. The Kier molecular flexibility index (Phi) is 4.66. The van der Waals surface area contributed by atoms with Crippen LogP contribution in [-0.2, 0) is 0 Å². The summed E-state index contributed by atoms with van der Waals surface area (Å²) in [5.74, 6) is 1.01. The summed E-state index contributed by atoms with van der Waals surface area (Å²) in [6.07, 6.45) is 7.32. The standard InChI is InChI=1S/C14H26N4S/c1-9(2)18-14(13(15)10(3)17-18)16-11-6-5-7-12(8-11)19-4/h9,11-12,16H,5-8,15H2,1-4H3. The predicted molar refractivity (Wildman–Crippen MR) is 84.9 cm³/mol. The summed E-state index contributed by atoms with van der Waals surface area (Å²) in [6.45, 7) is 6.26. The number of hydrogen-bond acceptors (Lipinski definition) is 4. The van der Waals surface area contributed by atoms with E-state index in [4.69, 9.17) is 5.73 Å². The molecule has 1 aromatic heterocycles. The van der Waals surface area contributed by atoms with E-state index < -0.39 is 0 Å². The summed E-state index contributed by atoms with van der Waals surface area (Å²) in [5, 5.41) is 8.97. The second-order valence-corrected chi connectivity index (χ2v) is 6.89. The van der Waals surface area contributed by atoms with Gasteiger partial charge < -0.3 is 11.1 Å². The maximum atomic E-state index is 6.17. The lowest BCUT2D eigenvalue weighted by Crippen LogP contribution is -2.30. The minimum Gasteiger partial charge on any atom is -0.394 e. The van der Waals surface area contributed by atoms with Gasteiger partial charge in [0.1, 0.15) is 5.82 Å². The Morgan fingerprint density at radius 2 is 2.16 bits per heavy atom. The van der Waals surface area contributed by atoms with E-state index >= 15 is 0 Å². The summed E-state index contributed by atoms with van der Waals surface area (Å²) < 4.78 is 2.02. The topological polar surface area (TPSA) is 55.9 Å². The van der Waals surface area contributed by atoms with E-state index in [2.05, 4.69) is 30.5 Å². The van der Waals surface area contributed by atoms with Gasteiger partial charge in [-0.1, -0.05) is 6.42 Å². The van der Waals surface area contributed by atoms with Crippen LogP contribution in [0.25, 0.3) is 0 Å². The zero-order valence-corrected chi connectivity index (χ0v) is 13.3. The highest BCUT2D eigenvalue weighted by molar-refractivity contribution is 7.99. The molecule has 0 aromatic carbocycles. The van der Waals surface area contributed by atoms with Crippen LogP contribution >= 0.6 is 11.8 Å². The molecule has 108 valence electrons. The van der Waals surface area contributed by atoms with Crippen LogP contribution in [0.2, 0.25) is 0 Å². The molecule has 4 nitrogen and oxygen atoms in total. The van der Waals surface area contributed by atoms with Crippen LogP contribution < -0.4 is 11.1 Å². The lowest BCUT2D eigenvalue weighted by molar-refractivity contribution is 0.464. The molecule has 3 N–H and O–H groups in total. The Labute approximate surface area is 120 Å². The van der Waals surface area contributed by atoms with Crippen molar-refractivity contribution in [1.82, 2.24) is 9.78 Å². The summed E-state index contributed by atoms with van der Waals surface area (Å²) in [5.41, 5.74) is 7.90. The van der Waals surface area contributed by atoms with Gasteiger partial charge in [-0.3, -0.25) is 0 Å². The number of hydrogen-bond donors (Lipinski definition) is 2. The summed E-state index contributed by atoms with van der Waals surface area (Å²) in [7, 11) is 0. The summed E-state index contributed by atoms with van der Waals surface area (Å²) in [6, 6.07) is 0.862. The van der Waals surface area contributed by atoms with E-state index in [9.17, 15) is 0 Å². The van der Waals surface area contributed by atoms with Gasteiger partial charge in [0, 0.05) is 17.3 Å². The number of nitrogens with zero attached hydrogens (tertiary/aromatic N) is 2. The molecule has 0 saturated heterocycles. The number of anilines is 2. The van der Waals surface area contributed by atoms with Gasteiger partial charge in [-0.25, -0.2) is 4.68 Å². The first-order valence-corrected chi connectivity index (χ1v) is 8.45. The molecule has 19 heavy (non-hydrogen) atoms. The quantitative estimate of drug-likeness (QED) is 0.888. The van der Waals surface area contributed by atoms with Crippen molar-refractivity contribution in [2.24, 2.45) is 0 Å². The van der Waals surface area contributed by atoms with Crippen LogP contribution in [0.5, 0.6) is 0 Å². The van der Waals surface area contributed by atoms with Crippen LogP contribution in [-0.4, -0.2) is 27.3 Å². The lowest BCUT2D eigenvalue weighted by atomic mass is 9.95. The van der Waals surface area contributed by atoms with Gasteiger partial charge in [-0.2, -0.15) is 16.9 Å². The molecule has 5 heteroatoms. The Bertz CT molecular complexity index is 427. The van der Waals surface area contributed by atoms with Gasteiger partial charge in [0.2, 0.25) is 0 Å².